The number of halogens is 3. The van der Waals surface area contributed by atoms with Crippen LogP contribution in [0.2, 0.25) is 0 Å². The Hall–Kier alpha value is -3.95. The molecule has 0 aliphatic rings. The summed E-state index contributed by atoms with van der Waals surface area (Å²) in [5.41, 5.74) is -0.431. The molecular formula is C22H18F3NO6. The fourth-order valence-corrected chi connectivity index (χ4v) is 2.76. The molecule has 3 rings (SSSR count). The van der Waals surface area contributed by atoms with Crippen LogP contribution in [0.15, 0.2) is 59.2 Å². The van der Waals surface area contributed by atoms with Crippen molar-refractivity contribution >= 4 is 17.6 Å². The van der Waals surface area contributed by atoms with Crippen molar-refractivity contribution in [1.82, 2.24) is 0 Å². The molecule has 0 saturated heterocycles. The lowest BCUT2D eigenvalue weighted by molar-refractivity contribution is -0.137. The first-order valence-corrected chi connectivity index (χ1v) is 9.17. The molecule has 0 fully saturated rings. The quantitative estimate of drug-likeness (QED) is 0.515. The van der Waals surface area contributed by atoms with E-state index < -0.39 is 23.6 Å². The maximum absolute atomic E-state index is 12.7. The van der Waals surface area contributed by atoms with Gasteiger partial charge >= 0.3 is 12.1 Å². The fourth-order valence-electron chi connectivity index (χ4n) is 2.76. The summed E-state index contributed by atoms with van der Waals surface area (Å²) in [4.78, 5) is 25.1. The maximum Gasteiger partial charge on any atom is 0.416 e. The van der Waals surface area contributed by atoms with E-state index in [4.69, 9.17) is 18.6 Å². The van der Waals surface area contributed by atoms with Crippen molar-refractivity contribution in [3.63, 3.8) is 0 Å². The first kappa shape index (κ1) is 22.7. The molecule has 0 atom stereocenters. The van der Waals surface area contributed by atoms with Crippen LogP contribution >= 0.6 is 0 Å². The van der Waals surface area contributed by atoms with Crippen LogP contribution in [0.5, 0.6) is 11.5 Å². The average molecular weight is 449 g/mol. The lowest BCUT2D eigenvalue weighted by Gasteiger charge is -2.15. The molecule has 1 N–H and O–H groups in total. The number of nitrogens with one attached hydrogen (secondary N) is 1. The van der Waals surface area contributed by atoms with Gasteiger partial charge in [-0.15, -0.1) is 0 Å². The highest BCUT2D eigenvalue weighted by Crippen LogP contribution is 2.34. The van der Waals surface area contributed by atoms with Gasteiger partial charge in [-0.05, 0) is 29.8 Å². The molecule has 0 aliphatic heterocycles. The third-order valence-corrected chi connectivity index (χ3v) is 4.39. The lowest BCUT2D eigenvalue weighted by Crippen LogP contribution is -2.16. The first-order valence-electron chi connectivity index (χ1n) is 9.17. The van der Waals surface area contributed by atoms with E-state index in [0.29, 0.717) is 5.56 Å². The predicted molar refractivity (Wildman–Crippen MR) is 107 cm³/mol. The van der Waals surface area contributed by atoms with E-state index in [2.05, 4.69) is 5.32 Å². The minimum Gasteiger partial charge on any atom is -0.493 e. The monoisotopic (exact) mass is 449 g/mol. The molecular weight excluding hydrogens is 431 g/mol. The Labute approximate surface area is 180 Å². The Balaban J connectivity index is 1.82. The van der Waals surface area contributed by atoms with E-state index in [1.54, 1.807) is 0 Å². The molecule has 3 aromatic rings. The molecule has 1 aromatic heterocycles. The van der Waals surface area contributed by atoms with Crippen LogP contribution in [-0.4, -0.2) is 26.1 Å². The molecule has 0 bridgehead atoms. The van der Waals surface area contributed by atoms with Crippen LogP contribution in [0.3, 0.4) is 0 Å². The standard InChI is InChI=1S/C22H18F3NO6/c1-29-18-10-15(16(11-19(18)30-2)26-20(27)17-4-3-9-31-17)21(28)32-12-13-5-7-14(8-6-13)22(23,24)25/h3-11H,12H2,1-2H3,(H,26,27). The SMILES string of the molecule is COc1cc(NC(=O)c2ccco2)c(C(=O)OCc2ccc(C(F)(F)F)cc2)cc1OC. The van der Waals surface area contributed by atoms with Gasteiger partial charge in [0.05, 0.1) is 37.3 Å². The van der Waals surface area contributed by atoms with Crippen molar-refractivity contribution in [2.24, 2.45) is 0 Å². The van der Waals surface area contributed by atoms with Gasteiger partial charge in [0.15, 0.2) is 17.3 Å². The number of esters is 1. The molecule has 0 unspecified atom stereocenters. The number of rotatable bonds is 7. The number of alkyl halides is 3. The Morgan fingerprint density at radius 2 is 1.66 bits per heavy atom. The number of hydrogen-bond donors (Lipinski definition) is 1. The second-order valence-corrected chi connectivity index (χ2v) is 6.46. The zero-order valence-corrected chi connectivity index (χ0v) is 17.0. The third-order valence-electron chi connectivity index (χ3n) is 4.39. The average Bonchev–Trinajstić information content (AvgIpc) is 3.32. The van der Waals surface area contributed by atoms with Gasteiger partial charge in [-0.25, -0.2) is 4.79 Å². The van der Waals surface area contributed by atoms with Gasteiger partial charge < -0.3 is 23.9 Å². The van der Waals surface area contributed by atoms with E-state index >= 15 is 0 Å². The van der Waals surface area contributed by atoms with Gasteiger partial charge in [0.1, 0.15) is 6.61 Å². The van der Waals surface area contributed by atoms with Gasteiger partial charge in [0.2, 0.25) is 0 Å². The Morgan fingerprint density at radius 1 is 1.00 bits per heavy atom. The zero-order chi connectivity index (χ0) is 23.3. The second kappa shape index (κ2) is 9.46. The molecule has 32 heavy (non-hydrogen) atoms. The first-order chi connectivity index (χ1) is 15.2. The van der Waals surface area contributed by atoms with Crippen molar-refractivity contribution in [2.45, 2.75) is 12.8 Å². The summed E-state index contributed by atoms with van der Waals surface area (Å²) in [5, 5.41) is 2.55. The number of carbonyl (C=O) groups is 2. The number of amides is 1. The van der Waals surface area contributed by atoms with Gasteiger partial charge in [-0.3, -0.25) is 4.79 Å². The number of anilines is 1. The largest absolute Gasteiger partial charge is 0.493 e. The van der Waals surface area contributed by atoms with Crippen molar-refractivity contribution in [3.05, 3.63) is 77.2 Å². The number of methoxy groups -OCH3 is 2. The van der Waals surface area contributed by atoms with E-state index in [-0.39, 0.29) is 35.1 Å². The van der Waals surface area contributed by atoms with E-state index in [0.717, 1.165) is 12.1 Å². The molecule has 7 nitrogen and oxygen atoms in total. The summed E-state index contributed by atoms with van der Waals surface area (Å²) < 4.78 is 58.8. The van der Waals surface area contributed by atoms with Crippen LogP contribution in [0.25, 0.3) is 0 Å². The summed E-state index contributed by atoms with van der Waals surface area (Å²) in [5.74, 6) is -0.963. The summed E-state index contributed by atoms with van der Waals surface area (Å²) in [6, 6.07) is 9.90. The number of carbonyl (C=O) groups excluding carboxylic acids is 2. The van der Waals surface area contributed by atoms with Crippen LogP contribution in [0, 0.1) is 0 Å². The molecule has 0 spiro atoms. The molecule has 10 heteroatoms. The number of benzene rings is 2. The predicted octanol–water partition coefficient (Wildman–Crippen LogP) is 4.92. The normalized spacial score (nSPS) is 11.0. The zero-order valence-electron chi connectivity index (χ0n) is 17.0. The summed E-state index contributed by atoms with van der Waals surface area (Å²) in [7, 11) is 2.76. The lowest BCUT2D eigenvalue weighted by atomic mass is 10.1. The molecule has 0 aliphatic carbocycles. The van der Waals surface area contributed by atoms with E-state index in [1.165, 1.54) is 56.9 Å². The van der Waals surface area contributed by atoms with Crippen LogP contribution in [-0.2, 0) is 17.5 Å². The van der Waals surface area contributed by atoms with Crippen LogP contribution < -0.4 is 14.8 Å². The number of furan rings is 1. The molecule has 1 amide bonds. The number of hydrogen-bond acceptors (Lipinski definition) is 6. The van der Waals surface area contributed by atoms with Gasteiger partial charge in [0.25, 0.3) is 5.91 Å². The summed E-state index contributed by atoms with van der Waals surface area (Å²) in [6.45, 7) is -0.281. The highest BCUT2D eigenvalue weighted by molar-refractivity contribution is 6.07. The van der Waals surface area contributed by atoms with Crippen LogP contribution in [0.4, 0.5) is 18.9 Å². The van der Waals surface area contributed by atoms with Gasteiger partial charge in [0, 0.05) is 12.1 Å². The fraction of sp³-hybridized carbons (Fsp3) is 0.182. The Bertz CT molecular complexity index is 1090. The summed E-state index contributed by atoms with van der Waals surface area (Å²) >= 11 is 0. The third kappa shape index (κ3) is 5.20. The minimum atomic E-state index is -4.46. The molecule has 0 saturated carbocycles. The van der Waals surface area contributed by atoms with Crippen LogP contribution in [0.1, 0.15) is 32.0 Å². The summed E-state index contributed by atoms with van der Waals surface area (Å²) in [6.07, 6.45) is -3.14. The van der Waals surface area contributed by atoms with Crippen molar-refractivity contribution < 1.29 is 41.4 Å². The van der Waals surface area contributed by atoms with Crippen molar-refractivity contribution in [3.8, 4) is 11.5 Å². The molecule has 1 heterocycles. The van der Waals surface area contributed by atoms with E-state index in [9.17, 15) is 22.8 Å². The molecule has 168 valence electrons. The van der Waals surface area contributed by atoms with Gasteiger partial charge in [-0.1, -0.05) is 12.1 Å². The minimum absolute atomic E-state index is 0.0175. The second-order valence-electron chi connectivity index (χ2n) is 6.46. The Morgan fingerprint density at radius 3 is 2.22 bits per heavy atom. The van der Waals surface area contributed by atoms with Crippen molar-refractivity contribution in [1.29, 1.82) is 0 Å². The topological polar surface area (TPSA) is 87.0 Å². The van der Waals surface area contributed by atoms with Crippen molar-refractivity contribution in [2.75, 3.05) is 19.5 Å². The smallest absolute Gasteiger partial charge is 0.416 e. The Kier molecular flexibility index (Phi) is 6.72. The molecule has 2 aromatic carbocycles. The highest BCUT2D eigenvalue weighted by atomic mass is 19.4. The highest BCUT2D eigenvalue weighted by Gasteiger charge is 2.30. The van der Waals surface area contributed by atoms with Gasteiger partial charge in [-0.2, -0.15) is 13.2 Å². The molecule has 0 radical (unpaired) electrons. The van der Waals surface area contributed by atoms with E-state index in [1.807, 2.05) is 0 Å². The maximum atomic E-state index is 12.7. The number of ether oxygens (including phenoxy) is 3.